The van der Waals surface area contributed by atoms with Gasteiger partial charge in [0.1, 0.15) is 38.4 Å². The van der Waals surface area contributed by atoms with Gasteiger partial charge in [-0.05, 0) is 48.2 Å². The smallest absolute Gasteiger partial charge is 0.296 e. The predicted octanol–water partition coefficient (Wildman–Crippen LogP) is 6.20. The third-order valence-corrected chi connectivity index (χ3v) is 11.4. The van der Waals surface area contributed by atoms with Crippen LogP contribution in [0.2, 0.25) is 0 Å². The van der Waals surface area contributed by atoms with Crippen LogP contribution in [0, 0.1) is 0 Å². The van der Waals surface area contributed by atoms with Gasteiger partial charge in [0.25, 0.3) is 10.1 Å². The molecule has 0 amide bonds. The van der Waals surface area contributed by atoms with E-state index in [9.17, 15) is 34.9 Å². The van der Waals surface area contributed by atoms with Gasteiger partial charge in [-0.3, -0.25) is 4.55 Å². The van der Waals surface area contributed by atoms with Crippen molar-refractivity contribution in [3.05, 3.63) is 54.6 Å². The molecular weight excluding hydrogens is 675 g/mol. The lowest BCUT2D eigenvalue weighted by atomic mass is 10.1. The van der Waals surface area contributed by atoms with Crippen LogP contribution in [0.25, 0.3) is 10.8 Å². The Bertz CT molecular complexity index is 2240. The number of azo groups is 2. The van der Waals surface area contributed by atoms with Gasteiger partial charge >= 0.3 is 0 Å². The molecule has 0 aliphatic rings. The number of hydrogen-bond donors (Lipinski definition) is 3. The fourth-order valence-corrected chi connectivity index (χ4v) is 7.52. The Morgan fingerprint density at radius 3 is 1.96 bits per heavy atom. The standard InChI is InChI=1S/C29H31N5O10S3/c1-5-13-46(38,39)19-10-8-18(9-11-19)31-34-28-25(47(40,41)42)14-17-7-12-20(27(30)26(17)29(28)35)32-33-21-15-23(44-4)24(16-22(21)43-3)45(36,37)6-2/h7-12,14-16,35H,5-6,13,30H2,1-4H3,(H,40,41,42). The quantitative estimate of drug-likeness (QED) is 0.0852. The zero-order valence-corrected chi connectivity index (χ0v) is 28.0. The van der Waals surface area contributed by atoms with E-state index in [2.05, 4.69) is 20.5 Å². The molecule has 0 atom stereocenters. The number of rotatable bonds is 12. The molecule has 0 bridgehead atoms. The van der Waals surface area contributed by atoms with Crippen molar-refractivity contribution < 1.29 is 44.4 Å². The monoisotopic (exact) mass is 705 g/mol. The first-order valence-corrected chi connectivity index (χ1v) is 18.5. The van der Waals surface area contributed by atoms with Crippen molar-refractivity contribution in [2.75, 3.05) is 31.5 Å². The average Bonchev–Trinajstić information content (AvgIpc) is 3.03. The second kappa shape index (κ2) is 13.6. The number of nitrogens with zero attached hydrogens (tertiary/aromatic N) is 4. The number of nitrogen functional groups attached to an aromatic ring is 1. The van der Waals surface area contributed by atoms with E-state index in [1.807, 2.05) is 0 Å². The minimum absolute atomic E-state index is 0.00990. The van der Waals surface area contributed by atoms with Crippen molar-refractivity contribution in [2.45, 2.75) is 35.0 Å². The number of fused-ring (bicyclic) bond motifs is 1. The van der Waals surface area contributed by atoms with Crippen molar-refractivity contribution in [1.29, 1.82) is 0 Å². The highest BCUT2D eigenvalue weighted by Gasteiger charge is 2.25. The molecule has 0 heterocycles. The predicted molar refractivity (Wildman–Crippen MR) is 174 cm³/mol. The van der Waals surface area contributed by atoms with Gasteiger partial charge in [-0.1, -0.05) is 19.9 Å². The maximum absolute atomic E-state index is 12.5. The van der Waals surface area contributed by atoms with Crippen LogP contribution < -0.4 is 15.2 Å². The molecular formula is C29H31N5O10S3. The van der Waals surface area contributed by atoms with Gasteiger partial charge in [-0.2, -0.15) is 13.5 Å². The van der Waals surface area contributed by atoms with E-state index in [-0.39, 0.29) is 66.3 Å². The van der Waals surface area contributed by atoms with Crippen LogP contribution in [-0.2, 0) is 29.8 Å². The summed E-state index contributed by atoms with van der Waals surface area (Å²) in [4.78, 5) is -0.790. The number of hydrogen-bond acceptors (Lipinski definition) is 14. The number of ether oxygens (including phenoxy) is 2. The first-order valence-electron chi connectivity index (χ1n) is 13.8. The molecule has 0 fully saturated rings. The van der Waals surface area contributed by atoms with Gasteiger partial charge in [-0.25, -0.2) is 16.8 Å². The van der Waals surface area contributed by atoms with Crippen LogP contribution in [0.3, 0.4) is 0 Å². The summed E-state index contributed by atoms with van der Waals surface area (Å²) in [6.45, 7) is 3.22. The van der Waals surface area contributed by atoms with Gasteiger partial charge < -0.3 is 20.3 Å². The SMILES string of the molecule is CCCS(=O)(=O)c1ccc(N=Nc2c(S(=O)(=O)O)cc3ccc(N=Nc4cc(OC)c(S(=O)(=O)CC)cc4OC)c(N)c3c2O)cc1. The molecule has 250 valence electrons. The Morgan fingerprint density at radius 2 is 1.38 bits per heavy atom. The van der Waals surface area contributed by atoms with Gasteiger partial charge in [0, 0.05) is 12.1 Å². The fraction of sp³-hybridized carbons (Fsp3) is 0.241. The largest absolute Gasteiger partial charge is 0.505 e. The van der Waals surface area contributed by atoms with E-state index in [1.54, 1.807) is 6.92 Å². The van der Waals surface area contributed by atoms with Crippen LogP contribution in [0.15, 0.2) is 89.7 Å². The van der Waals surface area contributed by atoms with E-state index in [0.717, 1.165) is 6.07 Å². The Hall–Kier alpha value is -4.65. The number of methoxy groups -OCH3 is 2. The summed E-state index contributed by atoms with van der Waals surface area (Å²) in [5.41, 5.74) is 5.78. The number of sulfone groups is 2. The first kappa shape index (κ1) is 35.2. The highest BCUT2D eigenvalue weighted by molar-refractivity contribution is 7.91. The summed E-state index contributed by atoms with van der Waals surface area (Å²) in [7, 11) is -9.48. The maximum Gasteiger partial charge on any atom is 0.296 e. The second-order valence-corrected chi connectivity index (χ2v) is 15.7. The number of nitrogens with two attached hydrogens (primary N) is 1. The minimum Gasteiger partial charge on any atom is -0.505 e. The summed E-state index contributed by atoms with van der Waals surface area (Å²) in [5.74, 6) is -0.891. The molecule has 0 unspecified atom stereocenters. The Labute approximate surface area is 271 Å². The topological polar surface area (TPSA) is 237 Å². The highest BCUT2D eigenvalue weighted by Crippen LogP contribution is 2.46. The molecule has 4 rings (SSSR count). The van der Waals surface area contributed by atoms with Gasteiger partial charge in [0.15, 0.2) is 25.4 Å². The van der Waals surface area contributed by atoms with Crippen LogP contribution in [0.4, 0.5) is 28.4 Å². The van der Waals surface area contributed by atoms with Gasteiger partial charge in [0.2, 0.25) is 0 Å². The molecule has 0 saturated carbocycles. The van der Waals surface area contributed by atoms with E-state index in [1.165, 1.54) is 69.7 Å². The molecule has 0 saturated heterocycles. The summed E-state index contributed by atoms with van der Waals surface area (Å²) in [5, 5.41) is 27.3. The van der Waals surface area contributed by atoms with E-state index < -0.39 is 46.1 Å². The Balaban J connectivity index is 1.82. The minimum atomic E-state index is -4.93. The molecule has 4 aromatic carbocycles. The highest BCUT2D eigenvalue weighted by atomic mass is 32.2. The van der Waals surface area contributed by atoms with Crippen LogP contribution in [0.1, 0.15) is 20.3 Å². The Morgan fingerprint density at radius 1 is 0.745 bits per heavy atom. The fourth-order valence-electron chi connectivity index (χ4n) is 4.49. The zero-order chi connectivity index (χ0) is 34.7. The number of phenols is 1. The average molecular weight is 706 g/mol. The molecule has 15 nitrogen and oxygen atoms in total. The van der Waals surface area contributed by atoms with E-state index in [4.69, 9.17) is 15.2 Å². The number of benzene rings is 4. The third kappa shape index (κ3) is 7.35. The van der Waals surface area contributed by atoms with Gasteiger partial charge in [0.05, 0.1) is 47.4 Å². The first-order chi connectivity index (χ1) is 22.1. The second-order valence-electron chi connectivity index (χ2n) is 9.93. The Kier molecular flexibility index (Phi) is 10.2. The number of anilines is 1. The van der Waals surface area contributed by atoms with Crippen LogP contribution >= 0.6 is 0 Å². The van der Waals surface area contributed by atoms with Crippen LogP contribution in [0.5, 0.6) is 17.2 Å². The molecule has 0 spiro atoms. The summed E-state index contributed by atoms with van der Waals surface area (Å²) < 4.78 is 94.7. The maximum atomic E-state index is 12.5. The van der Waals surface area contributed by atoms with Crippen molar-refractivity contribution in [1.82, 2.24) is 0 Å². The number of aromatic hydroxyl groups is 1. The zero-order valence-electron chi connectivity index (χ0n) is 25.6. The summed E-state index contributed by atoms with van der Waals surface area (Å²) in [6, 6.07) is 11.7. The number of phenolic OH excluding ortho intramolecular Hbond substituents is 1. The summed E-state index contributed by atoms with van der Waals surface area (Å²) >= 11 is 0. The lowest BCUT2D eigenvalue weighted by Crippen LogP contribution is -2.06. The third-order valence-electron chi connectivity index (χ3n) is 6.89. The van der Waals surface area contributed by atoms with Crippen molar-refractivity contribution in [2.24, 2.45) is 20.5 Å². The van der Waals surface area contributed by atoms with Crippen molar-refractivity contribution in [3.8, 4) is 17.2 Å². The molecule has 4 N–H and O–H groups in total. The van der Waals surface area contributed by atoms with Crippen LogP contribution in [-0.4, -0.2) is 60.6 Å². The van der Waals surface area contributed by atoms with Crippen molar-refractivity contribution in [3.63, 3.8) is 0 Å². The molecule has 0 aromatic heterocycles. The molecule has 4 aromatic rings. The molecule has 18 heteroatoms. The summed E-state index contributed by atoms with van der Waals surface area (Å²) in [6.07, 6.45) is 0.428. The molecule has 0 aliphatic heterocycles. The molecule has 0 radical (unpaired) electrons. The normalized spacial score (nSPS) is 12.7. The van der Waals surface area contributed by atoms with E-state index in [0.29, 0.717) is 6.42 Å². The molecule has 47 heavy (non-hydrogen) atoms. The lowest BCUT2D eigenvalue weighted by Gasteiger charge is -2.13. The van der Waals surface area contributed by atoms with Gasteiger partial charge in [-0.15, -0.1) is 15.3 Å². The van der Waals surface area contributed by atoms with Crippen molar-refractivity contribution >= 4 is 69.0 Å². The van der Waals surface area contributed by atoms with E-state index >= 15 is 0 Å². The molecule has 0 aliphatic carbocycles. The lowest BCUT2D eigenvalue weighted by molar-refractivity contribution is 0.393.